The van der Waals surface area contributed by atoms with Crippen molar-refractivity contribution in [2.24, 2.45) is 0 Å². The minimum atomic E-state index is 0.344. The van der Waals surface area contributed by atoms with Crippen molar-refractivity contribution in [3.05, 3.63) is 48.0 Å². The number of rotatable bonds is 4. The van der Waals surface area contributed by atoms with E-state index in [1.165, 1.54) is 42.0 Å². The van der Waals surface area contributed by atoms with Gasteiger partial charge in [-0.05, 0) is 36.1 Å². The normalized spacial score (nSPS) is 24.1. The Morgan fingerprint density at radius 3 is 2.67 bits per heavy atom. The molecule has 3 atom stereocenters. The van der Waals surface area contributed by atoms with E-state index in [0.29, 0.717) is 18.2 Å². The van der Waals surface area contributed by atoms with Crippen LogP contribution in [0.1, 0.15) is 44.2 Å². The number of fused-ring (bicyclic) bond motifs is 1. The number of hydrogen-bond acceptors (Lipinski definition) is 2. The van der Waals surface area contributed by atoms with Gasteiger partial charge in [0.05, 0.1) is 6.10 Å². The summed E-state index contributed by atoms with van der Waals surface area (Å²) in [6.45, 7) is 2.27. The predicted molar refractivity (Wildman–Crippen MR) is 88.6 cm³/mol. The Morgan fingerprint density at radius 2 is 1.81 bits per heavy atom. The zero-order valence-corrected chi connectivity index (χ0v) is 13.0. The van der Waals surface area contributed by atoms with E-state index in [-0.39, 0.29) is 0 Å². The van der Waals surface area contributed by atoms with Crippen LogP contribution in [0.4, 0.5) is 0 Å². The molecule has 1 aliphatic rings. The molecule has 0 spiro atoms. The molecule has 2 nitrogen and oxygen atoms in total. The molecule has 21 heavy (non-hydrogen) atoms. The number of ether oxygens (including phenoxy) is 1. The van der Waals surface area contributed by atoms with E-state index in [0.717, 1.165) is 0 Å². The summed E-state index contributed by atoms with van der Waals surface area (Å²) in [5.41, 5.74) is 1.38. The van der Waals surface area contributed by atoms with Crippen molar-refractivity contribution in [2.45, 2.75) is 50.8 Å². The quantitative estimate of drug-likeness (QED) is 0.895. The lowest BCUT2D eigenvalue weighted by Gasteiger charge is -2.33. The summed E-state index contributed by atoms with van der Waals surface area (Å²) in [5.74, 6) is 0. The van der Waals surface area contributed by atoms with E-state index in [1.54, 1.807) is 0 Å². The summed E-state index contributed by atoms with van der Waals surface area (Å²) in [6.07, 6.45) is 5.35. The molecule has 2 aromatic rings. The van der Waals surface area contributed by atoms with Gasteiger partial charge in [-0.25, -0.2) is 0 Å². The van der Waals surface area contributed by atoms with E-state index >= 15 is 0 Å². The third-order valence-electron chi connectivity index (χ3n) is 4.76. The SMILES string of the molecule is COC1CCCCC1NC(C)c1cccc2ccccc12. The fourth-order valence-electron chi connectivity index (χ4n) is 3.61. The molecule has 3 unspecified atom stereocenters. The van der Waals surface area contributed by atoms with Crippen LogP contribution < -0.4 is 5.32 Å². The molecule has 2 aromatic carbocycles. The molecule has 3 rings (SSSR count). The Hall–Kier alpha value is -1.38. The number of hydrogen-bond donors (Lipinski definition) is 1. The summed E-state index contributed by atoms with van der Waals surface area (Å²) in [6, 6.07) is 16.0. The van der Waals surface area contributed by atoms with Crippen molar-refractivity contribution in [2.75, 3.05) is 7.11 Å². The average molecular weight is 283 g/mol. The Morgan fingerprint density at radius 1 is 1.05 bits per heavy atom. The Labute approximate surface area is 127 Å². The maximum Gasteiger partial charge on any atom is 0.0724 e. The van der Waals surface area contributed by atoms with Gasteiger partial charge in [0.15, 0.2) is 0 Å². The Bertz CT molecular complexity index is 590. The lowest BCUT2D eigenvalue weighted by Crippen LogP contribution is -2.44. The first-order chi connectivity index (χ1) is 10.3. The molecule has 0 amide bonds. The predicted octanol–water partition coefficient (Wildman–Crippen LogP) is 4.45. The van der Waals surface area contributed by atoms with Gasteiger partial charge < -0.3 is 10.1 Å². The highest BCUT2D eigenvalue weighted by Crippen LogP contribution is 2.27. The van der Waals surface area contributed by atoms with Crippen molar-refractivity contribution in [1.82, 2.24) is 5.32 Å². The van der Waals surface area contributed by atoms with Gasteiger partial charge in [-0.15, -0.1) is 0 Å². The Balaban J connectivity index is 1.82. The van der Waals surface area contributed by atoms with E-state index in [9.17, 15) is 0 Å². The third kappa shape index (κ3) is 3.12. The molecule has 1 N–H and O–H groups in total. The zero-order chi connectivity index (χ0) is 14.7. The minimum Gasteiger partial charge on any atom is -0.380 e. The van der Waals surface area contributed by atoms with Crippen LogP contribution in [0.15, 0.2) is 42.5 Å². The van der Waals surface area contributed by atoms with Crippen LogP contribution in [0.25, 0.3) is 10.8 Å². The fraction of sp³-hybridized carbons (Fsp3) is 0.474. The van der Waals surface area contributed by atoms with E-state index in [4.69, 9.17) is 4.74 Å². The van der Waals surface area contributed by atoms with Gasteiger partial charge in [-0.3, -0.25) is 0 Å². The maximum absolute atomic E-state index is 5.67. The van der Waals surface area contributed by atoms with Gasteiger partial charge in [0, 0.05) is 19.2 Å². The lowest BCUT2D eigenvalue weighted by molar-refractivity contribution is 0.0384. The van der Waals surface area contributed by atoms with Crippen LogP contribution in [0, 0.1) is 0 Å². The molecule has 0 heterocycles. The Kier molecular flexibility index (Phi) is 4.57. The molecule has 0 aromatic heterocycles. The highest BCUT2D eigenvalue weighted by atomic mass is 16.5. The first kappa shape index (κ1) is 14.6. The molecule has 1 fully saturated rings. The van der Waals surface area contributed by atoms with Gasteiger partial charge in [-0.2, -0.15) is 0 Å². The standard InChI is InChI=1S/C19H25NO/c1-14(20-18-12-5-6-13-19(18)21-2)16-11-7-9-15-8-3-4-10-17(15)16/h3-4,7-11,14,18-20H,5-6,12-13H2,1-2H3. The number of methoxy groups -OCH3 is 1. The molecule has 0 aliphatic heterocycles. The summed E-state index contributed by atoms with van der Waals surface area (Å²) in [5, 5.41) is 6.47. The third-order valence-corrected chi connectivity index (χ3v) is 4.76. The molecular weight excluding hydrogens is 258 g/mol. The maximum atomic E-state index is 5.67. The van der Waals surface area contributed by atoms with Gasteiger partial charge in [0.2, 0.25) is 0 Å². The second-order valence-electron chi connectivity index (χ2n) is 6.12. The van der Waals surface area contributed by atoms with Crippen molar-refractivity contribution in [1.29, 1.82) is 0 Å². The van der Waals surface area contributed by atoms with E-state index in [2.05, 4.69) is 54.7 Å². The van der Waals surface area contributed by atoms with Gasteiger partial charge >= 0.3 is 0 Å². The summed E-state index contributed by atoms with van der Waals surface area (Å²) >= 11 is 0. The second-order valence-corrected chi connectivity index (χ2v) is 6.12. The monoisotopic (exact) mass is 283 g/mol. The first-order valence-electron chi connectivity index (χ1n) is 8.06. The van der Waals surface area contributed by atoms with Crippen LogP contribution in [0.2, 0.25) is 0 Å². The molecule has 112 valence electrons. The van der Waals surface area contributed by atoms with Gasteiger partial charge in [-0.1, -0.05) is 55.3 Å². The highest BCUT2D eigenvalue weighted by Gasteiger charge is 2.26. The minimum absolute atomic E-state index is 0.344. The van der Waals surface area contributed by atoms with Gasteiger partial charge in [0.25, 0.3) is 0 Å². The topological polar surface area (TPSA) is 21.3 Å². The molecule has 0 saturated heterocycles. The summed E-state index contributed by atoms with van der Waals surface area (Å²) < 4.78 is 5.67. The van der Waals surface area contributed by atoms with Crippen molar-refractivity contribution >= 4 is 10.8 Å². The van der Waals surface area contributed by atoms with E-state index in [1.807, 2.05) is 7.11 Å². The first-order valence-corrected chi connectivity index (χ1v) is 8.06. The van der Waals surface area contributed by atoms with Crippen molar-refractivity contribution in [3.8, 4) is 0 Å². The molecule has 0 radical (unpaired) electrons. The fourth-order valence-corrected chi connectivity index (χ4v) is 3.61. The molecular formula is C19H25NO. The summed E-state index contributed by atoms with van der Waals surface area (Å²) in [4.78, 5) is 0. The average Bonchev–Trinajstić information content (AvgIpc) is 2.54. The van der Waals surface area contributed by atoms with Crippen LogP contribution in [0.3, 0.4) is 0 Å². The molecule has 2 heteroatoms. The van der Waals surface area contributed by atoms with Crippen LogP contribution >= 0.6 is 0 Å². The van der Waals surface area contributed by atoms with E-state index < -0.39 is 0 Å². The number of nitrogens with one attached hydrogen (secondary N) is 1. The molecule has 1 aliphatic carbocycles. The largest absolute Gasteiger partial charge is 0.380 e. The van der Waals surface area contributed by atoms with Crippen molar-refractivity contribution in [3.63, 3.8) is 0 Å². The second kappa shape index (κ2) is 6.59. The highest BCUT2D eigenvalue weighted by molar-refractivity contribution is 5.86. The van der Waals surface area contributed by atoms with Crippen molar-refractivity contribution < 1.29 is 4.74 Å². The smallest absolute Gasteiger partial charge is 0.0724 e. The molecule has 0 bridgehead atoms. The van der Waals surface area contributed by atoms with Crippen LogP contribution in [0.5, 0.6) is 0 Å². The van der Waals surface area contributed by atoms with Crippen LogP contribution in [-0.2, 0) is 4.74 Å². The number of benzene rings is 2. The van der Waals surface area contributed by atoms with Gasteiger partial charge in [0.1, 0.15) is 0 Å². The lowest BCUT2D eigenvalue weighted by atomic mass is 9.90. The zero-order valence-electron chi connectivity index (χ0n) is 13.0. The summed E-state index contributed by atoms with van der Waals surface area (Å²) in [7, 11) is 1.84. The molecule has 1 saturated carbocycles. The van der Waals surface area contributed by atoms with Crippen LogP contribution in [-0.4, -0.2) is 19.3 Å².